The first-order valence-electron chi connectivity index (χ1n) is 9.55. The number of rotatable bonds is 0. The molecule has 126 valence electrons. The molecule has 0 fully saturated rings. The van der Waals surface area contributed by atoms with E-state index in [1.807, 2.05) is 6.92 Å². The van der Waals surface area contributed by atoms with E-state index in [1.165, 1.54) is 33.4 Å². The fraction of sp³-hybridized carbons (Fsp3) is 0.348. The first-order valence-corrected chi connectivity index (χ1v) is 9.05. The van der Waals surface area contributed by atoms with Gasteiger partial charge in [0.2, 0.25) is 0 Å². The highest BCUT2D eigenvalue weighted by atomic mass is 15.2. The highest BCUT2D eigenvalue weighted by molar-refractivity contribution is 5.84. The minimum absolute atomic E-state index is 0.00250. The average molecular weight is 331 g/mol. The van der Waals surface area contributed by atoms with Crippen molar-refractivity contribution < 1.29 is 5.94 Å². The van der Waals surface area contributed by atoms with Gasteiger partial charge in [0.15, 0.2) is 0 Å². The lowest BCUT2D eigenvalue weighted by atomic mass is 9.80. The minimum Gasteiger partial charge on any atom is -0.230 e. The topological polar surface area (TPSA) is 8.81 Å². The Morgan fingerprint density at radius 1 is 0.920 bits per heavy atom. The molecule has 0 amide bonds. The lowest BCUT2D eigenvalue weighted by Gasteiger charge is -2.22. The summed E-state index contributed by atoms with van der Waals surface area (Å²) in [5.41, 5.74) is 8.92. The average Bonchev–Trinajstić information content (AvgIpc) is 3.08. The summed E-state index contributed by atoms with van der Waals surface area (Å²) in [6, 6.07) is 13.6. The summed E-state index contributed by atoms with van der Waals surface area (Å²) in [6.07, 6.45) is 0.614. The third-order valence-corrected chi connectivity index (χ3v) is 6.49. The molecule has 0 saturated carbocycles. The quantitative estimate of drug-likeness (QED) is 0.528. The summed E-state index contributed by atoms with van der Waals surface area (Å²) < 4.78 is 13.0. The molecule has 2 aromatic carbocycles. The Hall–Kier alpha value is -2.35. The van der Waals surface area contributed by atoms with Crippen LogP contribution in [-0.2, 0) is 18.0 Å². The number of imidazole rings is 1. The smallest absolute Gasteiger partial charge is 0.230 e. The fourth-order valence-electron chi connectivity index (χ4n) is 4.86. The van der Waals surface area contributed by atoms with Crippen LogP contribution in [0.4, 0.5) is 0 Å². The molecule has 0 saturated heterocycles. The Morgan fingerprint density at radius 2 is 1.60 bits per heavy atom. The number of hydrogen-bond donors (Lipinski definition) is 0. The van der Waals surface area contributed by atoms with Gasteiger partial charge in [-0.25, -0.2) is 9.13 Å². The monoisotopic (exact) mass is 331 g/mol. The SMILES string of the molecule is [3H]c1c(C)n(C)c2[n+]1C(C)(C)c1cc3c(cc1-2)C(C)(C)c1ccccc1-3. The molecule has 1 aliphatic carbocycles. The Morgan fingerprint density at radius 3 is 2.36 bits per heavy atom. The van der Waals surface area contributed by atoms with Gasteiger partial charge in [0.25, 0.3) is 5.82 Å². The summed E-state index contributed by atoms with van der Waals surface area (Å²) in [5.74, 6) is 1.15. The summed E-state index contributed by atoms with van der Waals surface area (Å²) in [6.45, 7) is 11.2. The Balaban J connectivity index is 1.89. The predicted molar refractivity (Wildman–Crippen MR) is 102 cm³/mol. The maximum absolute atomic E-state index is 8.63. The van der Waals surface area contributed by atoms with E-state index in [2.05, 4.69) is 80.3 Å². The third kappa shape index (κ3) is 1.58. The standard InChI is InChI=1S/C23H25N2/c1-14-13-25-21(24(14)6)17-12-19-16(11-20(17)23(25,4)5)15-9-7-8-10-18(15)22(19,2)3/h7-13H,1-6H3/q+1/i13T. The highest BCUT2D eigenvalue weighted by Crippen LogP contribution is 2.52. The van der Waals surface area contributed by atoms with Gasteiger partial charge in [-0.2, -0.15) is 0 Å². The van der Waals surface area contributed by atoms with Crippen molar-refractivity contribution in [2.45, 2.75) is 45.6 Å². The van der Waals surface area contributed by atoms with E-state index < -0.39 is 0 Å². The van der Waals surface area contributed by atoms with Gasteiger partial charge in [0, 0.05) is 17.9 Å². The molecular formula is C23H25N2+. The second-order valence-corrected chi connectivity index (χ2v) is 8.59. The van der Waals surface area contributed by atoms with Gasteiger partial charge in [-0.15, -0.1) is 0 Å². The van der Waals surface area contributed by atoms with Crippen LogP contribution in [0.15, 0.2) is 42.6 Å². The van der Waals surface area contributed by atoms with Gasteiger partial charge < -0.3 is 0 Å². The van der Waals surface area contributed by atoms with Crippen molar-refractivity contribution in [3.63, 3.8) is 0 Å². The predicted octanol–water partition coefficient (Wildman–Crippen LogP) is 4.69. The largest absolute Gasteiger partial charge is 0.290 e. The van der Waals surface area contributed by atoms with Crippen molar-refractivity contribution in [1.29, 1.82) is 0 Å². The molecule has 0 bridgehead atoms. The van der Waals surface area contributed by atoms with Crippen LogP contribution < -0.4 is 4.57 Å². The van der Waals surface area contributed by atoms with Crippen LogP contribution in [0.1, 0.15) is 51.4 Å². The van der Waals surface area contributed by atoms with E-state index in [0.717, 1.165) is 11.5 Å². The van der Waals surface area contributed by atoms with Crippen LogP contribution in [0.2, 0.25) is 0 Å². The van der Waals surface area contributed by atoms with E-state index >= 15 is 0 Å². The summed E-state index contributed by atoms with van der Waals surface area (Å²) in [5, 5.41) is 0. The van der Waals surface area contributed by atoms with Crippen molar-refractivity contribution in [3.8, 4) is 22.5 Å². The molecule has 2 nitrogen and oxygen atoms in total. The Labute approximate surface area is 151 Å². The molecule has 0 N–H and O–H groups in total. The lowest BCUT2D eigenvalue weighted by Crippen LogP contribution is -2.49. The van der Waals surface area contributed by atoms with Crippen LogP contribution in [-0.4, -0.2) is 4.57 Å². The third-order valence-electron chi connectivity index (χ3n) is 6.49. The van der Waals surface area contributed by atoms with Crippen LogP contribution in [0.3, 0.4) is 0 Å². The zero-order valence-electron chi connectivity index (χ0n) is 16.9. The van der Waals surface area contributed by atoms with Crippen molar-refractivity contribution in [3.05, 3.63) is 65.0 Å². The number of hydrogen-bond acceptors (Lipinski definition) is 0. The molecule has 1 aromatic heterocycles. The van der Waals surface area contributed by atoms with Gasteiger partial charge in [0.05, 0.1) is 12.6 Å². The first-order chi connectivity index (χ1) is 12.2. The number of fused-ring (bicyclic) bond motifs is 6. The van der Waals surface area contributed by atoms with Crippen LogP contribution in [0, 0.1) is 6.92 Å². The summed E-state index contributed by atoms with van der Waals surface area (Å²) in [4.78, 5) is 0. The molecule has 0 spiro atoms. The van der Waals surface area contributed by atoms with Crippen molar-refractivity contribution in [2.75, 3.05) is 0 Å². The van der Waals surface area contributed by atoms with E-state index in [-0.39, 0.29) is 11.0 Å². The molecule has 0 radical (unpaired) electrons. The van der Waals surface area contributed by atoms with Crippen LogP contribution in [0.5, 0.6) is 0 Å². The number of benzene rings is 2. The Bertz CT molecular complexity index is 1120. The van der Waals surface area contributed by atoms with Crippen molar-refractivity contribution in [2.24, 2.45) is 7.05 Å². The highest BCUT2D eigenvalue weighted by Gasteiger charge is 2.46. The Kier molecular flexibility index (Phi) is 2.36. The lowest BCUT2D eigenvalue weighted by molar-refractivity contribution is -0.730. The molecule has 2 heteroatoms. The van der Waals surface area contributed by atoms with Gasteiger partial charge in [-0.05, 0) is 48.2 Å². The van der Waals surface area contributed by atoms with Gasteiger partial charge in [0.1, 0.15) is 18.8 Å². The second kappa shape index (κ2) is 4.24. The van der Waals surface area contributed by atoms with Crippen LogP contribution >= 0.6 is 0 Å². The number of nitrogens with zero attached hydrogens (tertiary/aromatic N) is 2. The molecule has 25 heavy (non-hydrogen) atoms. The first kappa shape index (κ1) is 13.9. The van der Waals surface area contributed by atoms with E-state index in [4.69, 9.17) is 1.37 Å². The van der Waals surface area contributed by atoms with E-state index in [1.54, 1.807) is 0 Å². The zero-order valence-corrected chi connectivity index (χ0v) is 15.9. The fourth-order valence-corrected chi connectivity index (χ4v) is 4.86. The van der Waals surface area contributed by atoms with Crippen LogP contribution in [0.25, 0.3) is 22.5 Å². The maximum Gasteiger partial charge on any atom is 0.290 e. The van der Waals surface area contributed by atoms with Gasteiger partial charge in [-0.3, -0.25) is 0 Å². The summed E-state index contributed by atoms with van der Waals surface area (Å²) >= 11 is 0. The minimum atomic E-state index is -0.218. The van der Waals surface area contributed by atoms with E-state index in [0.29, 0.717) is 6.17 Å². The molecule has 1 aliphatic heterocycles. The zero-order chi connectivity index (χ0) is 18.6. The molecule has 2 aliphatic rings. The van der Waals surface area contributed by atoms with Crippen molar-refractivity contribution in [1.82, 2.24) is 4.57 Å². The summed E-state index contributed by atoms with van der Waals surface area (Å²) in [7, 11) is 2.08. The molecular weight excluding hydrogens is 304 g/mol. The van der Waals surface area contributed by atoms with Gasteiger partial charge >= 0.3 is 0 Å². The van der Waals surface area contributed by atoms with Gasteiger partial charge in [-0.1, -0.05) is 38.1 Å². The number of aromatic nitrogens is 2. The van der Waals surface area contributed by atoms with Crippen molar-refractivity contribution >= 4 is 0 Å². The second-order valence-electron chi connectivity index (χ2n) is 8.59. The molecule has 0 atom stereocenters. The molecule has 2 heterocycles. The van der Waals surface area contributed by atoms with E-state index in [9.17, 15) is 0 Å². The maximum atomic E-state index is 8.63. The molecule has 3 aromatic rings. The molecule has 0 unspecified atom stereocenters. The normalized spacial score (nSPS) is 18.4. The molecule has 5 rings (SSSR count).